The highest BCUT2D eigenvalue weighted by Gasteiger charge is 2.27. The van der Waals surface area contributed by atoms with Crippen molar-refractivity contribution in [3.63, 3.8) is 0 Å². The van der Waals surface area contributed by atoms with Crippen LogP contribution in [0.2, 0.25) is 0 Å². The number of allylic oxidation sites excluding steroid dienone is 4. The molecule has 2 aromatic carbocycles. The van der Waals surface area contributed by atoms with E-state index in [4.69, 9.17) is 0 Å². The van der Waals surface area contributed by atoms with Gasteiger partial charge in [-0.1, -0.05) is 53.6 Å². The maximum absolute atomic E-state index is 2.32. The highest BCUT2D eigenvalue weighted by Crippen LogP contribution is 2.44. The van der Waals surface area contributed by atoms with Crippen LogP contribution in [-0.4, -0.2) is 7.05 Å². The minimum Gasteiger partial charge on any atom is -0.370 e. The second-order valence-electron chi connectivity index (χ2n) is 6.94. The molecular formula is C23H27N. The average molecular weight is 317 g/mol. The Morgan fingerprint density at radius 1 is 0.750 bits per heavy atom. The number of hydrogen-bond donors (Lipinski definition) is 0. The van der Waals surface area contributed by atoms with Crippen molar-refractivity contribution in [2.45, 2.75) is 40.2 Å². The SMILES string of the molecule is CC1=C(C)C(c2ccccc2CN(C)c2ccccc2)C(C)=C1C. The molecule has 0 atom stereocenters. The summed E-state index contributed by atoms with van der Waals surface area (Å²) in [4.78, 5) is 2.32. The Morgan fingerprint density at radius 2 is 1.29 bits per heavy atom. The van der Waals surface area contributed by atoms with Crippen molar-refractivity contribution < 1.29 is 0 Å². The molecule has 1 nitrogen and oxygen atoms in total. The monoisotopic (exact) mass is 317 g/mol. The summed E-state index contributed by atoms with van der Waals surface area (Å²) in [5.74, 6) is 0.436. The highest BCUT2D eigenvalue weighted by molar-refractivity contribution is 5.56. The van der Waals surface area contributed by atoms with E-state index in [0.717, 1.165) is 6.54 Å². The Hall–Kier alpha value is -2.28. The van der Waals surface area contributed by atoms with Crippen LogP contribution in [-0.2, 0) is 6.54 Å². The molecule has 24 heavy (non-hydrogen) atoms. The van der Waals surface area contributed by atoms with Crippen molar-refractivity contribution in [2.24, 2.45) is 0 Å². The first kappa shape index (κ1) is 16.6. The summed E-state index contributed by atoms with van der Waals surface area (Å²) in [6.07, 6.45) is 0. The number of para-hydroxylation sites is 1. The first-order valence-electron chi connectivity index (χ1n) is 8.69. The molecule has 0 saturated carbocycles. The third kappa shape index (κ3) is 2.91. The van der Waals surface area contributed by atoms with Crippen LogP contribution in [0.5, 0.6) is 0 Å². The Kier molecular flexibility index (Phi) is 4.62. The lowest BCUT2D eigenvalue weighted by Gasteiger charge is -2.24. The van der Waals surface area contributed by atoms with E-state index in [9.17, 15) is 0 Å². The van der Waals surface area contributed by atoms with Crippen LogP contribution in [0.3, 0.4) is 0 Å². The van der Waals surface area contributed by atoms with E-state index >= 15 is 0 Å². The smallest absolute Gasteiger partial charge is 0.0429 e. The molecule has 0 bridgehead atoms. The highest BCUT2D eigenvalue weighted by atomic mass is 15.1. The molecule has 1 aliphatic carbocycles. The molecule has 0 radical (unpaired) electrons. The van der Waals surface area contributed by atoms with Gasteiger partial charge < -0.3 is 4.90 Å². The molecule has 0 heterocycles. The molecule has 124 valence electrons. The van der Waals surface area contributed by atoms with E-state index in [1.807, 2.05) is 0 Å². The average Bonchev–Trinajstić information content (AvgIpc) is 2.80. The summed E-state index contributed by atoms with van der Waals surface area (Å²) in [7, 11) is 2.17. The van der Waals surface area contributed by atoms with Crippen LogP contribution < -0.4 is 4.90 Å². The summed E-state index contributed by atoms with van der Waals surface area (Å²) in [6, 6.07) is 19.5. The van der Waals surface area contributed by atoms with Gasteiger partial charge in [0.25, 0.3) is 0 Å². The molecule has 0 spiro atoms. The molecule has 0 aliphatic heterocycles. The van der Waals surface area contributed by atoms with Gasteiger partial charge in [0, 0.05) is 25.2 Å². The molecule has 0 aromatic heterocycles. The van der Waals surface area contributed by atoms with Gasteiger partial charge in [-0.05, 0) is 62.1 Å². The lowest BCUT2D eigenvalue weighted by atomic mass is 9.86. The first-order valence-corrected chi connectivity index (χ1v) is 8.69. The minimum atomic E-state index is 0.436. The first-order chi connectivity index (χ1) is 11.5. The maximum atomic E-state index is 2.32. The van der Waals surface area contributed by atoms with Crippen LogP contribution in [0.25, 0.3) is 0 Å². The van der Waals surface area contributed by atoms with Gasteiger partial charge in [-0.15, -0.1) is 0 Å². The molecule has 2 aromatic rings. The molecule has 0 saturated heterocycles. The molecule has 0 unspecified atom stereocenters. The standard InChI is InChI=1S/C23H27N/c1-16-17(2)19(4)23(18(16)3)22-14-10-9-11-20(22)15-24(5)21-12-7-6-8-13-21/h6-14,23H,15H2,1-5H3. The third-order valence-corrected chi connectivity index (χ3v) is 5.58. The van der Waals surface area contributed by atoms with E-state index in [2.05, 4.69) is 94.2 Å². The van der Waals surface area contributed by atoms with Gasteiger partial charge in [-0.2, -0.15) is 0 Å². The number of benzene rings is 2. The summed E-state index contributed by atoms with van der Waals surface area (Å²) in [5, 5.41) is 0. The molecular weight excluding hydrogens is 290 g/mol. The Labute approximate surface area is 146 Å². The summed E-state index contributed by atoms with van der Waals surface area (Å²) >= 11 is 0. The number of nitrogens with zero attached hydrogens (tertiary/aromatic N) is 1. The van der Waals surface area contributed by atoms with Gasteiger partial charge in [0.2, 0.25) is 0 Å². The van der Waals surface area contributed by atoms with Crippen molar-refractivity contribution >= 4 is 5.69 Å². The minimum absolute atomic E-state index is 0.436. The molecule has 0 amide bonds. The molecule has 3 rings (SSSR count). The Bertz CT molecular complexity index is 772. The van der Waals surface area contributed by atoms with Gasteiger partial charge >= 0.3 is 0 Å². The van der Waals surface area contributed by atoms with Crippen molar-refractivity contribution in [1.29, 1.82) is 0 Å². The van der Waals surface area contributed by atoms with E-state index < -0.39 is 0 Å². The Morgan fingerprint density at radius 3 is 1.92 bits per heavy atom. The Balaban J connectivity index is 1.95. The molecule has 1 heteroatoms. The zero-order chi connectivity index (χ0) is 17.3. The summed E-state index contributed by atoms with van der Waals surface area (Å²) in [6.45, 7) is 10.0. The van der Waals surface area contributed by atoms with Gasteiger partial charge in [0.05, 0.1) is 0 Å². The van der Waals surface area contributed by atoms with Crippen LogP contribution in [0.4, 0.5) is 5.69 Å². The van der Waals surface area contributed by atoms with Crippen LogP contribution in [0.1, 0.15) is 44.7 Å². The fourth-order valence-corrected chi connectivity index (χ4v) is 3.80. The fraction of sp³-hybridized carbons (Fsp3) is 0.304. The summed E-state index contributed by atoms with van der Waals surface area (Å²) in [5.41, 5.74) is 10.0. The second-order valence-corrected chi connectivity index (χ2v) is 6.94. The number of anilines is 1. The third-order valence-electron chi connectivity index (χ3n) is 5.58. The molecule has 0 N–H and O–H groups in total. The van der Waals surface area contributed by atoms with Gasteiger partial charge in [0.1, 0.15) is 0 Å². The zero-order valence-electron chi connectivity index (χ0n) is 15.4. The lowest BCUT2D eigenvalue weighted by Crippen LogP contribution is -2.18. The van der Waals surface area contributed by atoms with E-state index in [1.54, 1.807) is 0 Å². The van der Waals surface area contributed by atoms with Crippen molar-refractivity contribution in [3.8, 4) is 0 Å². The largest absolute Gasteiger partial charge is 0.370 e. The second kappa shape index (κ2) is 6.68. The predicted octanol–water partition coefficient (Wildman–Crippen LogP) is 6.09. The predicted molar refractivity (Wildman–Crippen MR) is 104 cm³/mol. The maximum Gasteiger partial charge on any atom is 0.0429 e. The van der Waals surface area contributed by atoms with Gasteiger partial charge in [-0.25, -0.2) is 0 Å². The quantitative estimate of drug-likeness (QED) is 0.659. The lowest BCUT2D eigenvalue weighted by molar-refractivity contribution is 0.863. The van der Waals surface area contributed by atoms with E-state index in [1.165, 1.54) is 39.1 Å². The van der Waals surface area contributed by atoms with Crippen LogP contribution in [0, 0.1) is 0 Å². The summed E-state index contributed by atoms with van der Waals surface area (Å²) < 4.78 is 0. The van der Waals surface area contributed by atoms with E-state index in [0.29, 0.717) is 5.92 Å². The van der Waals surface area contributed by atoms with Crippen LogP contribution in [0.15, 0.2) is 76.9 Å². The number of rotatable bonds is 4. The molecule has 1 aliphatic rings. The van der Waals surface area contributed by atoms with E-state index in [-0.39, 0.29) is 0 Å². The fourth-order valence-electron chi connectivity index (χ4n) is 3.80. The molecule has 0 fully saturated rings. The van der Waals surface area contributed by atoms with Gasteiger partial charge in [0.15, 0.2) is 0 Å². The van der Waals surface area contributed by atoms with Crippen LogP contribution >= 0.6 is 0 Å². The van der Waals surface area contributed by atoms with Crippen molar-refractivity contribution in [2.75, 3.05) is 11.9 Å². The number of hydrogen-bond acceptors (Lipinski definition) is 1. The normalized spacial score (nSPS) is 15.4. The topological polar surface area (TPSA) is 3.24 Å². The van der Waals surface area contributed by atoms with Crippen molar-refractivity contribution in [3.05, 3.63) is 88.0 Å². The van der Waals surface area contributed by atoms with Gasteiger partial charge in [-0.3, -0.25) is 0 Å². The zero-order valence-corrected chi connectivity index (χ0v) is 15.4. The van der Waals surface area contributed by atoms with Crippen molar-refractivity contribution in [1.82, 2.24) is 0 Å².